The highest BCUT2D eigenvalue weighted by Crippen LogP contribution is 2.16. The van der Waals surface area contributed by atoms with Crippen LogP contribution in [-0.2, 0) is 34.1 Å². The van der Waals surface area contributed by atoms with Crippen LogP contribution in [0.2, 0.25) is 0 Å². The van der Waals surface area contributed by atoms with Crippen molar-refractivity contribution in [3.05, 3.63) is 101 Å². The van der Waals surface area contributed by atoms with Crippen molar-refractivity contribution in [3.63, 3.8) is 0 Å². The Hall–Kier alpha value is -3.34. The van der Waals surface area contributed by atoms with Crippen LogP contribution >= 0.6 is 0 Å². The van der Waals surface area contributed by atoms with E-state index in [0.29, 0.717) is 39.3 Å². The Morgan fingerprint density at radius 2 is 1.59 bits per heavy atom. The number of aliphatic hydroxyl groups is 1. The maximum Gasteiger partial charge on any atom is 0.326 e. The molecule has 3 aromatic rings. The van der Waals surface area contributed by atoms with Crippen LogP contribution in [0.4, 0.5) is 4.39 Å². The van der Waals surface area contributed by atoms with Gasteiger partial charge < -0.3 is 14.6 Å². The topological polar surface area (TPSA) is 83.5 Å². The molecule has 0 spiro atoms. The van der Waals surface area contributed by atoms with E-state index >= 15 is 0 Å². The molecule has 3 aromatic carbocycles. The molecule has 8 nitrogen and oxygen atoms in total. The van der Waals surface area contributed by atoms with Crippen LogP contribution < -0.4 is 10.2 Å². The molecule has 1 saturated heterocycles. The first kappa shape index (κ1) is 28.7. The summed E-state index contributed by atoms with van der Waals surface area (Å²) >= 11 is 0. The summed E-state index contributed by atoms with van der Waals surface area (Å²) in [7, 11) is 1.62. The Bertz CT molecular complexity index is 1140. The van der Waals surface area contributed by atoms with Crippen LogP contribution in [0.1, 0.15) is 16.7 Å². The molecule has 39 heavy (non-hydrogen) atoms. The number of nitrogens with zero attached hydrogens (tertiary/aromatic N) is 2. The molecule has 2 unspecified atom stereocenters. The third-order valence-corrected chi connectivity index (χ3v) is 6.74. The van der Waals surface area contributed by atoms with Crippen LogP contribution in [0, 0.1) is 5.82 Å². The van der Waals surface area contributed by atoms with E-state index in [2.05, 4.69) is 10.4 Å². The van der Waals surface area contributed by atoms with Crippen molar-refractivity contribution in [1.29, 1.82) is 0 Å². The molecule has 0 aromatic heterocycles. The summed E-state index contributed by atoms with van der Waals surface area (Å²) in [5.41, 5.74) is 5.75. The molecule has 1 fully saturated rings. The largest absolute Gasteiger partial charge is 0.497 e. The number of halogens is 1. The highest BCUT2D eigenvalue weighted by atomic mass is 19.1. The van der Waals surface area contributed by atoms with E-state index < -0.39 is 18.1 Å². The molecule has 1 aliphatic heterocycles. The molecule has 2 N–H and O–H groups in total. The van der Waals surface area contributed by atoms with E-state index in [1.807, 2.05) is 59.5 Å². The molecule has 2 atom stereocenters. The van der Waals surface area contributed by atoms with E-state index in [4.69, 9.17) is 14.3 Å². The highest BCUT2D eigenvalue weighted by molar-refractivity contribution is 5.76. The fraction of sp³-hybridized carbons (Fsp3) is 0.367. The zero-order valence-electron chi connectivity index (χ0n) is 22.2. The lowest BCUT2D eigenvalue weighted by Gasteiger charge is -2.39. The van der Waals surface area contributed by atoms with E-state index in [1.54, 1.807) is 19.2 Å². The second-order valence-corrected chi connectivity index (χ2v) is 9.52. The third-order valence-electron chi connectivity index (χ3n) is 6.74. The van der Waals surface area contributed by atoms with Gasteiger partial charge in [-0.25, -0.2) is 4.39 Å². The van der Waals surface area contributed by atoms with Gasteiger partial charge in [-0.1, -0.05) is 54.6 Å². The average Bonchev–Trinajstić information content (AvgIpc) is 2.97. The molecule has 0 bridgehead atoms. The predicted octanol–water partition coefficient (Wildman–Crippen LogP) is 3.15. The fourth-order valence-corrected chi connectivity index (χ4v) is 4.52. The standard InChI is InChI=1S/C30H36FN3O5/c1-37-27-13-9-23(10-14-27)19-32-39-22-28(35)29(30(36)38-21-25-5-3-2-4-6-25)34-17-15-33(16-18-34)20-24-7-11-26(31)12-8-24/h2-14,28-29,32,35H,15-22H2,1H3. The minimum Gasteiger partial charge on any atom is -0.497 e. The number of piperazine rings is 1. The lowest BCUT2D eigenvalue weighted by molar-refractivity contribution is -0.160. The summed E-state index contributed by atoms with van der Waals surface area (Å²) in [6.07, 6.45) is -1.10. The second kappa shape index (κ2) is 14.7. The summed E-state index contributed by atoms with van der Waals surface area (Å²) in [5.74, 6) is 0.0249. The SMILES string of the molecule is COc1ccc(CNOCC(O)C(C(=O)OCc2ccccc2)N2CCN(Cc3ccc(F)cc3)CC2)cc1. The monoisotopic (exact) mass is 537 g/mol. The molecule has 1 heterocycles. The number of nitrogens with one attached hydrogen (secondary N) is 1. The number of hydroxylamine groups is 1. The fourth-order valence-electron chi connectivity index (χ4n) is 4.52. The zero-order valence-corrected chi connectivity index (χ0v) is 22.2. The van der Waals surface area contributed by atoms with E-state index in [9.17, 15) is 14.3 Å². The number of hydrogen-bond donors (Lipinski definition) is 2. The summed E-state index contributed by atoms with van der Waals surface area (Å²) < 4.78 is 24.0. The Morgan fingerprint density at radius 1 is 0.923 bits per heavy atom. The molecule has 0 amide bonds. The molecule has 9 heteroatoms. The molecule has 0 saturated carbocycles. The van der Waals surface area contributed by atoms with Crippen molar-refractivity contribution in [3.8, 4) is 5.75 Å². The van der Waals surface area contributed by atoms with Gasteiger partial charge in [-0.3, -0.25) is 19.4 Å². The molecule has 208 valence electrons. The highest BCUT2D eigenvalue weighted by Gasteiger charge is 2.36. The summed E-state index contributed by atoms with van der Waals surface area (Å²) in [5, 5.41) is 11.0. The molecule has 0 aliphatic carbocycles. The number of carbonyl (C=O) groups excluding carboxylic acids is 1. The minimum atomic E-state index is -1.10. The lowest BCUT2D eigenvalue weighted by Crippen LogP contribution is -2.57. The van der Waals surface area contributed by atoms with Gasteiger partial charge in [-0.05, 0) is 41.0 Å². The van der Waals surface area contributed by atoms with Crippen LogP contribution in [0.25, 0.3) is 0 Å². The van der Waals surface area contributed by atoms with Crippen molar-refractivity contribution in [2.75, 3.05) is 39.9 Å². The number of ether oxygens (including phenoxy) is 2. The minimum absolute atomic E-state index is 0.0863. The number of carbonyl (C=O) groups is 1. The Morgan fingerprint density at radius 3 is 2.26 bits per heavy atom. The van der Waals surface area contributed by atoms with Crippen molar-refractivity contribution in [1.82, 2.24) is 15.3 Å². The first-order valence-corrected chi connectivity index (χ1v) is 13.1. The Balaban J connectivity index is 1.32. The van der Waals surface area contributed by atoms with Crippen molar-refractivity contribution < 1.29 is 28.6 Å². The van der Waals surface area contributed by atoms with Gasteiger partial charge in [0, 0.05) is 39.3 Å². The van der Waals surface area contributed by atoms with Gasteiger partial charge in [0.2, 0.25) is 0 Å². The average molecular weight is 538 g/mol. The first-order chi connectivity index (χ1) is 19.0. The second-order valence-electron chi connectivity index (χ2n) is 9.52. The van der Waals surface area contributed by atoms with E-state index in [-0.39, 0.29) is 19.0 Å². The summed E-state index contributed by atoms with van der Waals surface area (Å²) in [6, 6.07) is 22.6. The molecular formula is C30H36FN3O5. The first-order valence-electron chi connectivity index (χ1n) is 13.1. The van der Waals surface area contributed by atoms with Crippen LogP contribution in [0.5, 0.6) is 5.75 Å². The summed E-state index contributed by atoms with van der Waals surface area (Å²) in [4.78, 5) is 23.0. The van der Waals surface area contributed by atoms with E-state index in [1.165, 1.54) is 12.1 Å². The van der Waals surface area contributed by atoms with Gasteiger partial charge in [-0.15, -0.1) is 0 Å². The molecule has 0 radical (unpaired) electrons. The van der Waals surface area contributed by atoms with Gasteiger partial charge >= 0.3 is 5.97 Å². The smallest absolute Gasteiger partial charge is 0.326 e. The third kappa shape index (κ3) is 8.84. The maximum absolute atomic E-state index is 13.2. The molecule has 1 aliphatic rings. The molecular weight excluding hydrogens is 501 g/mol. The Kier molecular flexibility index (Phi) is 10.8. The number of benzene rings is 3. The molecule has 4 rings (SSSR count). The number of methoxy groups -OCH3 is 1. The normalized spacial score (nSPS) is 16.0. The van der Waals surface area contributed by atoms with Gasteiger partial charge in [0.15, 0.2) is 0 Å². The number of esters is 1. The quantitative estimate of drug-likeness (QED) is 0.196. The van der Waals surface area contributed by atoms with Gasteiger partial charge in [0.05, 0.1) is 13.7 Å². The maximum atomic E-state index is 13.2. The van der Waals surface area contributed by atoms with Crippen LogP contribution in [0.3, 0.4) is 0 Å². The summed E-state index contributed by atoms with van der Waals surface area (Å²) in [6.45, 7) is 3.71. The number of aliphatic hydroxyl groups excluding tert-OH is 1. The number of rotatable bonds is 13. The van der Waals surface area contributed by atoms with Gasteiger partial charge in [0.1, 0.15) is 30.3 Å². The Labute approximate surface area is 228 Å². The van der Waals surface area contributed by atoms with Crippen LogP contribution in [0.15, 0.2) is 78.9 Å². The van der Waals surface area contributed by atoms with Crippen LogP contribution in [-0.4, -0.2) is 72.9 Å². The van der Waals surface area contributed by atoms with Gasteiger partial charge in [0.25, 0.3) is 0 Å². The van der Waals surface area contributed by atoms with Gasteiger partial charge in [-0.2, -0.15) is 5.48 Å². The van der Waals surface area contributed by atoms with E-state index in [0.717, 1.165) is 22.4 Å². The number of hydrogen-bond acceptors (Lipinski definition) is 8. The van der Waals surface area contributed by atoms with Crippen molar-refractivity contribution in [2.24, 2.45) is 0 Å². The predicted molar refractivity (Wildman–Crippen MR) is 145 cm³/mol. The lowest BCUT2D eigenvalue weighted by atomic mass is 10.1. The van der Waals surface area contributed by atoms with Crippen molar-refractivity contribution >= 4 is 5.97 Å². The van der Waals surface area contributed by atoms with Crippen molar-refractivity contribution in [2.45, 2.75) is 31.8 Å². The zero-order chi connectivity index (χ0) is 27.5.